The van der Waals surface area contributed by atoms with Crippen LogP contribution < -0.4 is 0 Å². The first-order valence-electron chi connectivity index (χ1n) is 3.41. The second kappa shape index (κ2) is 7.83. The molecule has 0 radical (unpaired) electrons. The predicted octanol–water partition coefficient (Wildman–Crippen LogP) is 2.10. The summed E-state index contributed by atoms with van der Waals surface area (Å²) < 4.78 is 4.76. The van der Waals surface area contributed by atoms with Crippen molar-refractivity contribution in [1.29, 1.82) is 0 Å². The zero-order valence-electron chi connectivity index (χ0n) is 7.10. The maximum Gasteiger partial charge on any atom is 0.338 e. The highest BCUT2D eigenvalue weighted by Crippen LogP contribution is 1.98. The molecule has 0 aromatic carbocycles. The number of rotatable bonds is 2. The molecule has 74 valence electrons. The van der Waals surface area contributed by atoms with Crippen molar-refractivity contribution >= 4 is 30.8 Å². The highest BCUT2D eigenvalue weighted by atomic mass is 35.5. The normalized spacial score (nSPS) is 7.77. The fourth-order valence-electron chi connectivity index (χ4n) is 0.702. The van der Waals surface area contributed by atoms with Crippen molar-refractivity contribution in [3.8, 4) is 0 Å². The SMILES string of the molecule is CCOC(=O)c1ccncc1.Cl.Cl. The Morgan fingerprint density at radius 2 is 1.92 bits per heavy atom. The summed E-state index contributed by atoms with van der Waals surface area (Å²) in [5, 5.41) is 0. The summed E-state index contributed by atoms with van der Waals surface area (Å²) in [7, 11) is 0. The molecule has 0 aliphatic heterocycles. The van der Waals surface area contributed by atoms with E-state index in [1.807, 2.05) is 0 Å². The molecule has 0 saturated carbocycles. The molecule has 0 aliphatic rings. The number of hydrogen-bond donors (Lipinski definition) is 0. The van der Waals surface area contributed by atoms with Gasteiger partial charge in [-0.05, 0) is 19.1 Å². The summed E-state index contributed by atoms with van der Waals surface area (Å²) in [6.07, 6.45) is 3.12. The topological polar surface area (TPSA) is 39.2 Å². The third-order valence-electron chi connectivity index (χ3n) is 1.19. The van der Waals surface area contributed by atoms with Crippen molar-refractivity contribution < 1.29 is 9.53 Å². The van der Waals surface area contributed by atoms with E-state index < -0.39 is 0 Å². The van der Waals surface area contributed by atoms with Crippen LogP contribution in [-0.4, -0.2) is 17.6 Å². The third-order valence-corrected chi connectivity index (χ3v) is 1.19. The number of ether oxygens (including phenoxy) is 1. The quantitative estimate of drug-likeness (QED) is 0.722. The van der Waals surface area contributed by atoms with E-state index in [1.54, 1.807) is 31.5 Å². The van der Waals surface area contributed by atoms with Gasteiger partial charge in [0.05, 0.1) is 12.2 Å². The van der Waals surface area contributed by atoms with E-state index in [9.17, 15) is 4.79 Å². The second-order valence-electron chi connectivity index (χ2n) is 1.96. The number of halogens is 2. The maximum absolute atomic E-state index is 11.0. The van der Waals surface area contributed by atoms with E-state index in [0.29, 0.717) is 12.2 Å². The van der Waals surface area contributed by atoms with E-state index in [0.717, 1.165) is 0 Å². The van der Waals surface area contributed by atoms with Crippen LogP contribution in [0.3, 0.4) is 0 Å². The van der Waals surface area contributed by atoms with E-state index in [2.05, 4.69) is 4.98 Å². The summed E-state index contributed by atoms with van der Waals surface area (Å²) in [5.74, 6) is -0.296. The second-order valence-corrected chi connectivity index (χ2v) is 1.96. The van der Waals surface area contributed by atoms with Gasteiger partial charge >= 0.3 is 5.97 Å². The number of carbonyl (C=O) groups excluding carboxylic acids is 1. The minimum atomic E-state index is -0.296. The summed E-state index contributed by atoms with van der Waals surface area (Å²) >= 11 is 0. The highest BCUT2D eigenvalue weighted by molar-refractivity contribution is 5.89. The van der Waals surface area contributed by atoms with Gasteiger partial charge < -0.3 is 4.74 Å². The molecular formula is C8H11Cl2NO2. The minimum Gasteiger partial charge on any atom is -0.462 e. The summed E-state index contributed by atoms with van der Waals surface area (Å²) in [6.45, 7) is 2.18. The molecular weight excluding hydrogens is 213 g/mol. The lowest BCUT2D eigenvalue weighted by atomic mass is 10.3. The van der Waals surface area contributed by atoms with Crippen LogP contribution in [0, 0.1) is 0 Å². The fourth-order valence-corrected chi connectivity index (χ4v) is 0.702. The highest BCUT2D eigenvalue weighted by Gasteiger charge is 2.02. The van der Waals surface area contributed by atoms with Crippen molar-refractivity contribution in [2.45, 2.75) is 6.92 Å². The number of nitrogens with zero attached hydrogens (tertiary/aromatic N) is 1. The van der Waals surface area contributed by atoms with Crippen LogP contribution in [0.25, 0.3) is 0 Å². The van der Waals surface area contributed by atoms with Gasteiger partial charge in [-0.15, -0.1) is 24.8 Å². The van der Waals surface area contributed by atoms with Crippen LogP contribution >= 0.6 is 24.8 Å². The molecule has 1 heterocycles. The standard InChI is InChI=1S/C8H9NO2.2ClH/c1-2-11-8(10)7-3-5-9-6-4-7;;/h3-6H,2H2,1H3;2*1H. The molecule has 0 bridgehead atoms. The molecule has 13 heavy (non-hydrogen) atoms. The average molecular weight is 224 g/mol. The lowest BCUT2D eigenvalue weighted by Crippen LogP contribution is -2.03. The van der Waals surface area contributed by atoms with Gasteiger partial charge in [0.1, 0.15) is 0 Å². The predicted molar refractivity (Wildman–Crippen MR) is 54.7 cm³/mol. The Hall–Kier alpha value is -0.800. The zero-order chi connectivity index (χ0) is 8.10. The number of esters is 1. The van der Waals surface area contributed by atoms with Gasteiger partial charge in [-0.2, -0.15) is 0 Å². The first kappa shape index (κ1) is 14.7. The average Bonchev–Trinajstić information content (AvgIpc) is 2.07. The number of pyridine rings is 1. The number of hydrogen-bond acceptors (Lipinski definition) is 3. The van der Waals surface area contributed by atoms with Crippen LogP contribution in [0.4, 0.5) is 0 Å². The zero-order valence-corrected chi connectivity index (χ0v) is 8.73. The molecule has 0 spiro atoms. The molecule has 0 fully saturated rings. The summed E-state index contributed by atoms with van der Waals surface area (Å²) in [5.41, 5.74) is 0.543. The molecule has 0 amide bonds. The van der Waals surface area contributed by atoms with E-state index in [1.165, 1.54) is 0 Å². The van der Waals surface area contributed by atoms with Gasteiger partial charge in [0.25, 0.3) is 0 Å². The largest absolute Gasteiger partial charge is 0.462 e. The molecule has 0 saturated heterocycles. The first-order chi connectivity index (χ1) is 5.34. The molecule has 0 N–H and O–H groups in total. The van der Waals surface area contributed by atoms with Crippen LogP contribution in [0.2, 0.25) is 0 Å². The van der Waals surface area contributed by atoms with Gasteiger partial charge in [0, 0.05) is 12.4 Å². The molecule has 5 heteroatoms. The van der Waals surface area contributed by atoms with Crippen LogP contribution in [0.15, 0.2) is 24.5 Å². The minimum absolute atomic E-state index is 0. The van der Waals surface area contributed by atoms with Crippen molar-refractivity contribution in [3.63, 3.8) is 0 Å². The first-order valence-corrected chi connectivity index (χ1v) is 3.41. The van der Waals surface area contributed by atoms with Crippen LogP contribution in [-0.2, 0) is 4.74 Å². The Kier molecular flexibility index (Phi) is 8.86. The third kappa shape index (κ3) is 4.70. The van der Waals surface area contributed by atoms with Crippen LogP contribution in [0.5, 0.6) is 0 Å². The van der Waals surface area contributed by atoms with E-state index >= 15 is 0 Å². The van der Waals surface area contributed by atoms with Gasteiger partial charge in [-0.3, -0.25) is 4.98 Å². The van der Waals surface area contributed by atoms with Gasteiger partial charge in [-0.1, -0.05) is 0 Å². The number of aromatic nitrogens is 1. The van der Waals surface area contributed by atoms with Crippen LogP contribution in [0.1, 0.15) is 17.3 Å². The Balaban J connectivity index is 0. The van der Waals surface area contributed by atoms with Crippen molar-refractivity contribution in [3.05, 3.63) is 30.1 Å². The van der Waals surface area contributed by atoms with Crippen molar-refractivity contribution in [1.82, 2.24) is 4.98 Å². The van der Waals surface area contributed by atoms with Gasteiger partial charge in [0.2, 0.25) is 0 Å². The monoisotopic (exact) mass is 223 g/mol. The summed E-state index contributed by atoms with van der Waals surface area (Å²) in [6, 6.07) is 3.25. The maximum atomic E-state index is 11.0. The Morgan fingerprint density at radius 3 is 2.38 bits per heavy atom. The smallest absolute Gasteiger partial charge is 0.338 e. The fraction of sp³-hybridized carbons (Fsp3) is 0.250. The Labute approximate surface area is 89.3 Å². The molecule has 1 aromatic heterocycles. The van der Waals surface area contributed by atoms with Gasteiger partial charge in [0.15, 0.2) is 0 Å². The molecule has 3 nitrogen and oxygen atoms in total. The number of carbonyl (C=O) groups is 1. The lowest BCUT2D eigenvalue weighted by molar-refractivity contribution is 0.0526. The van der Waals surface area contributed by atoms with E-state index in [4.69, 9.17) is 4.74 Å². The van der Waals surface area contributed by atoms with Gasteiger partial charge in [-0.25, -0.2) is 4.79 Å². The van der Waals surface area contributed by atoms with Crippen molar-refractivity contribution in [2.75, 3.05) is 6.61 Å². The molecule has 0 atom stereocenters. The van der Waals surface area contributed by atoms with E-state index in [-0.39, 0.29) is 30.8 Å². The Morgan fingerprint density at radius 1 is 1.38 bits per heavy atom. The Bertz CT molecular complexity index is 241. The molecule has 1 rings (SSSR count). The lowest BCUT2D eigenvalue weighted by Gasteiger charge is -1.98. The molecule has 1 aromatic rings. The van der Waals surface area contributed by atoms with Crippen molar-refractivity contribution in [2.24, 2.45) is 0 Å². The summed E-state index contributed by atoms with van der Waals surface area (Å²) in [4.78, 5) is 14.8. The molecule has 0 aliphatic carbocycles. The molecule has 0 unspecified atom stereocenters.